The van der Waals surface area contributed by atoms with Crippen LogP contribution in [0.2, 0.25) is 0 Å². The second kappa shape index (κ2) is 13.5. The number of unbranched alkanes of at least 4 members (excludes halogenated alkanes) is 8. The Balaban J connectivity index is 2.24. The van der Waals surface area contributed by atoms with Gasteiger partial charge in [-0.25, -0.2) is 0 Å². The molecule has 6 nitrogen and oxygen atoms in total. The summed E-state index contributed by atoms with van der Waals surface area (Å²) in [4.78, 5) is 22.3. The van der Waals surface area contributed by atoms with Crippen LogP contribution in [0.5, 0.6) is 0 Å². The van der Waals surface area contributed by atoms with Crippen LogP contribution in [-0.2, 0) is 23.8 Å². The molecule has 1 aliphatic rings. The van der Waals surface area contributed by atoms with Crippen molar-refractivity contribution >= 4 is 27.9 Å². The summed E-state index contributed by atoms with van der Waals surface area (Å²) in [6, 6.07) is 0. The van der Waals surface area contributed by atoms with E-state index in [-0.39, 0.29) is 13.0 Å². The van der Waals surface area contributed by atoms with Gasteiger partial charge in [0.15, 0.2) is 5.79 Å². The van der Waals surface area contributed by atoms with E-state index in [4.69, 9.17) is 14.2 Å². The van der Waals surface area contributed by atoms with E-state index < -0.39 is 29.9 Å². The minimum atomic E-state index is -1.32. The van der Waals surface area contributed by atoms with E-state index in [1.54, 1.807) is 0 Å². The first-order chi connectivity index (χ1) is 12.9. The van der Waals surface area contributed by atoms with E-state index in [1.165, 1.54) is 52.4 Å². The summed E-state index contributed by atoms with van der Waals surface area (Å²) in [5.41, 5.74) is 0. The molecule has 0 aromatic carbocycles. The molecule has 7 heteroatoms. The Morgan fingerprint density at radius 2 is 1.56 bits per heavy atom. The Morgan fingerprint density at radius 3 is 2.07 bits per heavy atom. The van der Waals surface area contributed by atoms with Crippen LogP contribution in [0.1, 0.15) is 84.5 Å². The number of aliphatic hydroxyl groups is 1. The van der Waals surface area contributed by atoms with Gasteiger partial charge in [0.2, 0.25) is 0 Å². The average molecular weight is 451 g/mol. The summed E-state index contributed by atoms with van der Waals surface area (Å²) in [6.07, 6.45) is 10.2. The van der Waals surface area contributed by atoms with E-state index in [9.17, 15) is 14.7 Å². The highest BCUT2D eigenvalue weighted by Crippen LogP contribution is 2.35. The monoisotopic (exact) mass is 450 g/mol. The molecule has 1 saturated heterocycles. The zero-order chi connectivity index (χ0) is 20.1. The first kappa shape index (κ1) is 24.4. The molecule has 0 bridgehead atoms. The lowest BCUT2D eigenvalue weighted by Gasteiger charge is -2.22. The van der Waals surface area contributed by atoms with Crippen molar-refractivity contribution in [3.8, 4) is 0 Å². The molecule has 0 amide bonds. The lowest BCUT2D eigenvalue weighted by atomic mass is 10.0. The lowest BCUT2D eigenvalue weighted by Crippen LogP contribution is -2.32. The Hall–Kier alpha value is -0.660. The number of halogens is 1. The van der Waals surface area contributed by atoms with Crippen LogP contribution in [0, 0.1) is 0 Å². The number of rotatable bonds is 14. The Kier molecular flexibility index (Phi) is 12.2. The molecule has 1 N–H and O–H groups in total. The van der Waals surface area contributed by atoms with Crippen molar-refractivity contribution in [1.29, 1.82) is 0 Å². The number of ether oxygens (including phenoxy) is 3. The zero-order valence-electron chi connectivity index (χ0n) is 16.7. The standard InChI is InChI=1S/C20H35BrO6/c1-16(22)25-15-19-18(26-17(2)23)14-20(24,27-19)12-10-8-6-4-3-5-7-9-11-13-21/h18-19,24H,3-15H2,1-2H3/t18-,19+,20?/m0/s1. The summed E-state index contributed by atoms with van der Waals surface area (Å²) < 4.78 is 15.9. The van der Waals surface area contributed by atoms with Crippen molar-refractivity contribution in [1.82, 2.24) is 0 Å². The first-order valence-corrected chi connectivity index (χ1v) is 11.2. The van der Waals surface area contributed by atoms with Gasteiger partial charge >= 0.3 is 11.9 Å². The van der Waals surface area contributed by atoms with Crippen molar-refractivity contribution in [3.63, 3.8) is 0 Å². The van der Waals surface area contributed by atoms with Crippen LogP contribution in [0.3, 0.4) is 0 Å². The second-order valence-corrected chi connectivity index (χ2v) is 8.17. The maximum atomic E-state index is 11.3. The molecule has 0 saturated carbocycles. The summed E-state index contributed by atoms with van der Waals surface area (Å²) in [5, 5.41) is 11.8. The molecule has 0 radical (unpaired) electrons. The molecular weight excluding hydrogens is 416 g/mol. The van der Waals surface area contributed by atoms with Crippen LogP contribution < -0.4 is 0 Å². The van der Waals surface area contributed by atoms with Crippen molar-refractivity contribution in [2.24, 2.45) is 0 Å². The van der Waals surface area contributed by atoms with Gasteiger partial charge in [0.05, 0.1) is 0 Å². The van der Waals surface area contributed by atoms with Gasteiger partial charge in [-0.1, -0.05) is 60.9 Å². The molecule has 1 heterocycles. The smallest absolute Gasteiger partial charge is 0.303 e. The van der Waals surface area contributed by atoms with E-state index in [0.717, 1.165) is 24.6 Å². The normalized spacial score (nSPS) is 24.7. The Bertz CT molecular complexity index is 444. The second-order valence-electron chi connectivity index (χ2n) is 7.38. The quantitative estimate of drug-likeness (QED) is 0.242. The van der Waals surface area contributed by atoms with E-state index >= 15 is 0 Å². The van der Waals surface area contributed by atoms with Crippen LogP contribution in [0.15, 0.2) is 0 Å². The highest BCUT2D eigenvalue weighted by molar-refractivity contribution is 9.09. The van der Waals surface area contributed by atoms with Crippen molar-refractivity contribution in [2.45, 2.75) is 102 Å². The van der Waals surface area contributed by atoms with E-state index in [1.807, 2.05) is 0 Å². The van der Waals surface area contributed by atoms with Gasteiger partial charge in [-0.3, -0.25) is 9.59 Å². The third-order valence-electron chi connectivity index (χ3n) is 4.77. The summed E-state index contributed by atoms with van der Waals surface area (Å²) in [6.45, 7) is 2.61. The maximum absolute atomic E-state index is 11.3. The number of hydrogen-bond donors (Lipinski definition) is 1. The number of carbonyl (C=O) groups excluding carboxylic acids is 2. The molecule has 1 unspecified atom stereocenters. The summed E-state index contributed by atoms with van der Waals surface area (Å²) in [7, 11) is 0. The van der Waals surface area contributed by atoms with Gasteiger partial charge in [0, 0.05) is 32.0 Å². The fourth-order valence-corrected chi connectivity index (χ4v) is 3.81. The predicted molar refractivity (Wildman–Crippen MR) is 107 cm³/mol. The highest BCUT2D eigenvalue weighted by Gasteiger charge is 2.47. The molecule has 3 atom stereocenters. The fraction of sp³-hybridized carbons (Fsp3) is 0.900. The van der Waals surface area contributed by atoms with Gasteiger partial charge in [-0.2, -0.15) is 0 Å². The van der Waals surface area contributed by atoms with E-state index in [0.29, 0.717) is 6.42 Å². The van der Waals surface area contributed by atoms with Gasteiger partial charge in [-0.05, 0) is 12.8 Å². The van der Waals surface area contributed by atoms with Gasteiger partial charge in [-0.15, -0.1) is 0 Å². The predicted octanol–water partition coefficient (Wildman–Crippen LogP) is 4.25. The van der Waals surface area contributed by atoms with Crippen LogP contribution in [0.25, 0.3) is 0 Å². The van der Waals surface area contributed by atoms with Crippen LogP contribution in [0.4, 0.5) is 0 Å². The number of alkyl halides is 1. The van der Waals surface area contributed by atoms with Gasteiger partial charge in [0.1, 0.15) is 18.8 Å². The van der Waals surface area contributed by atoms with Crippen LogP contribution in [-0.4, -0.2) is 47.0 Å². The zero-order valence-corrected chi connectivity index (χ0v) is 18.3. The lowest BCUT2D eigenvalue weighted by molar-refractivity contribution is -0.206. The number of hydrogen-bond acceptors (Lipinski definition) is 6. The topological polar surface area (TPSA) is 82.1 Å². The molecule has 1 rings (SSSR count). The van der Waals surface area contributed by atoms with E-state index in [2.05, 4.69) is 15.9 Å². The third-order valence-corrected chi connectivity index (χ3v) is 5.34. The van der Waals surface area contributed by atoms with Crippen molar-refractivity contribution in [3.05, 3.63) is 0 Å². The van der Waals surface area contributed by atoms with Crippen LogP contribution >= 0.6 is 15.9 Å². The molecule has 0 aromatic heterocycles. The number of carbonyl (C=O) groups is 2. The summed E-state index contributed by atoms with van der Waals surface area (Å²) >= 11 is 3.45. The minimum Gasteiger partial charge on any atom is -0.463 e. The molecule has 1 aliphatic heterocycles. The molecular formula is C20H35BrO6. The highest BCUT2D eigenvalue weighted by atomic mass is 79.9. The molecule has 1 fully saturated rings. The maximum Gasteiger partial charge on any atom is 0.303 e. The molecule has 158 valence electrons. The average Bonchev–Trinajstić information content (AvgIpc) is 2.90. The number of esters is 2. The van der Waals surface area contributed by atoms with Crippen molar-refractivity contribution < 1.29 is 28.9 Å². The molecule has 0 aliphatic carbocycles. The first-order valence-electron chi connectivity index (χ1n) is 10.1. The minimum absolute atomic E-state index is 0.0231. The largest absolute Gasteiger partial charge is 0.463 e. The third kappa shape index (κ3) is 11.1. The fourth-order valence-electron chi connectivity index (χ4n) is 3.42. The molecule has 27 heavy (non-hydrogen) atoms. The molecule has 0 spiro atoms. The summed E-state index contributed by atoms with van der Waals surface area (Å²) in [5.74, 6) is -2.18. The van der Waals surface area contributed by atoms with Crippen molar-refractivity contribution in [2.75, 3.05) is 11.9 Å². The SMILES string of the molecule is CC(=O)OC[C@H]1OC(O)(CCCCCCCCCCCBr)C[C@@H]1OC(C)=O. The van der Waals surface area contributed by atoms with Gasteiger partial charge < -0.3 is 19.3 Å². The Labute approximate surface area is 171 Å². The van der Waals surface area contributed by atoms with Gasteiger partial charge in [0.25, 0.3) is 0 Å². The molecule has 0 aromatic rings. The Morgan fingerprint density at radius 1 is 1.00 bits per heavy atom.